The highest BCUT2D eigenvalue weighted by Crippen LogP contribution is 2.24. The number of allylic oxidation sites excluding steroid dienone is 4. The molecule has 0 saturated heterocycles. The molecule has 4 nitrogen and oxygen atoms in total. The molecule has 0 N–H and O–H groups in total. The first-order valence-electron chi connectivity index (χ1n) is 6.21. The second-order valence-electron chi connectivity index (χ2n) is 4.30. The van der Waals surface area contributed by atoms with Gasteiger partial charge >= 0.3 is 5.97 Å². The minimum atomic E-state index is -0.341. The summed E-state index contributed by atoms with van der Waals surface area (Å²) in [4.78, 5) is 16.1. The van der Waals surface area contributed by atoms with Crippen LogP contribution in [0.5, 0.6) is 0 Å². The Morgan fingerprint density at radius 3 is 2.89 bits per heavy atom. The van der Waals surface area contributed by atoms with Crippen LogP contribution in [0.4, 0.5) is 0 Å². The van der Waals surface area contributed by atoms with Gasteiger partial charge in [0.2, 0.25) is 0 Å². The Morgan fingerprint density at radius 2 is 2.28 bits per heavy atom. The number of aryl methyl sites for hydroxylation is 1. The molecule has 1 heterocycles. The first-order valence-corrected chi connectivity index (χ1v) is 6.21. The van der Waals surface area contributed by atoms with Gasteiger partial charge in [0.05, 0.1) is 12.6 Å². The van der Waals surface area contributed by atoms with E-state index < -0.39 is 0 Å². The lowest BCUT2D eigenvalue weighted by Gasteiger charge is -2.18. The number of aromatic nitrogens is 2. The molecule has 0 fully saturated rings. The van der Waals surface area contributed by atoms with Gasteiger partial charge in [0.15, 0.2) is 5.69 Å². The van der Waals surface area contributed by atoms with E-state index in [1.165, 1.54) is 0 Å². The third-order valence-electron chi connectivity index (χ3n) is 3.08. The van der Waals surface area contributed by atoms with E-state index in [-0.39, 0.29) is 12.0 Å². The van der Waals surface area contributed by atoms with E-state index in [9.17, 15) is 4.79 Å². The van der Waals surface area contributed by atoms with Crippen molar-refractivity contribution in [3.05, 3.63) is 41.5 Å². The predicted octanol–water partition coefficient (Wildman–Crippen LogP) is 2.73. The van der Waals surface area contributed by atoms with E-state index >= 15 is 0 Å². The first-order chi connectivity index (χ1) is 8.65. The van der Waals surface area contributed by atoms with E-state index in [0.29, 0.717) is 12.3 Å². The van der Waals surface area contributed by atoms with E-state index in [2.05, 4.69) is 21.7 Å². The normalized spacial score (nSPS) is 18.1. The summed E-state index contributed by atoms with van der Waals surface area (Å²) in [5.74, 6) is 0.507. The second-order valence-corrected chi connectivity index (χ2v) is 4.30. The smallest absolute Gasteiger partial charge is 0.358 e. The quantitative estimate of drug-likeness (QED) is 0.770. The Balaban J connectivity index is 2.34. The van der Waals surface area contributed by atoms with Crippen LogP contribution in [-0.2, 0) is 4.74 Å². The largest absolute Gasteiger partial charge is 0.461 e. The summed E-state index contributed by atoms with van der Waals surface area (Å²) in [6.45, 7) is 6.00. The van der Waals surface area contributed by atoms with Crippen molar-refractivity contribution in [2.75, 3.05) is 6.61 Å². The van der Waals surface area contributed by atoms with Crippen LogP contribution in [0.15, 0.2) is 24.3 Å². The number of ether oxygens (including phenoxy) is 1. The summed E-state index contributed by atoms with van der Waals surface area (Å²) in [5, 5.41) is 0. The average Bonchev–Trinajstić information content (AvgIpc) is 2.66. The van der Waals surface area contributed by atoms with Crippen molar-refractivity contribution >= 4 is 5.97 Å². The summed E-state index contributed by atoms with van der Waals surface area (Å²) < 4.78 is 7.11. The molecule has 0 bridgehead atoms. The monoisotopic (exact) mass is 246 g/mol. The number of hydrogen-bond acceptors (Lipinski definition) is 3. The van der Waals surface area contributed by atoms with Gasteiger partial charge in [-0.25, -0.2) is 9.78 Å². The molecule has 0 amide bonds. The van der Waals surface area contributed by atoms with Crippen molar-refractivity contribution in [3.8, 4) is 0 Å². The standard InChI is InChI=1S/C14H18N2O2/c1-4-18-14(17)13-10(2)16(11(3)15-13)12-8-6-5-7-9-12/h5-8,12H,4,9H2,1-3H3. The van der Waals surface area contributed by atoms with E-state index in [1.807, 2.05) is 26.0 Å². The molecule has 1 aliphatic rings. The number of carbonyl (C=O) groups excluding carboxylic acids is 1. The van der Waals surface area contributed by atoms with Gasteiger partial charge < -0.3 is 9.30 Å². The third-order valence-corrected chi connectivity index (χ3v) is 3.08. The Bertz CT molecular complexity index is 512. The van der Waals surface area contributed by atoms with Crippen LogP contribution in [0.2, 0.25) is 0 Å². The van der Waals surface area contributed by atoms with Crippen molar-refractivity contribution in [1.82, 2.24) is 9.55 Å². The van der Waals surface area contributed by atoms with Crippen LogP contribution in [0.3, 0.4) is 0 Å². The Morgan fingerprint density at radius 1 is 1.50 bits per heavy atom. The van der Waals surface area contributed by atoms with Gasteiger partial charge in [0.25, 0.3) is 0 Å². The summed E-state index contributed by atoms with van der Waals surface area (Å²) in [6, 6.07) is 0.241. The molecule has 1 aromatic heterocycles. The van der Waals surface area contributed by atoms with Crippen LogP contribution in [0, 0.1) is 13.8 Å². The fourth-order valence-electron chi connectivity index (χ4n) is 2.29. The summed E-state index contributed by atoms with van der Waals surface area (Å²) in [6.07, 6.45) is 9.22. The minimum absolute atomic E-state index is 0.241. The molecule has 0 radical (unpaired) electrons. The lowest BCUT2D eigenvalue weighted by Crippen LogP contribution is -2.12. The summed E-state index contributed by atoms with van der Waals surface area (Å²) in [5.41, 5.74) is 1.30. The molecule has 0 saturated carbocycles. The molecule has 18 heavy (non-hydrogen) atoms. The summed E-state index contributed by atoms with van der Waals surface area (Å²) >= 11 is 0. The molecular weight excluding hydrogens is 228 g/mol. The Kier molecular flexibility index (Phi) is 3.65. The molecule has 1 unspecified atom stereocenters. The predicted molar refractivity (Wildman–Crippen MR) is 69.6 cm³/mol. The van der Waals surface area contributed by atoms with Gasteiger partial charge in [-0.05, 0) is 27.2 Å². The summed E-state index contributed by atoms with van der Waals surface area (Å²) in [7, 11) is 0. The van der Waals surface area contributed by atoms with E-state index in [1.54, 1.807) is 6.92 Å². The molecule has 96 valence electrons. The van der Waals surface area contributed by atoms with E-state index in [4.69, 9.17) is 4.74 Å². The lowest BCUT2D eigenvalue weighted by molar-refractivity contribution is 0.0519. The molecule has 0 aliphatic heterocycles. The molecule has 1 aromatic rings. The number of imidazole rings is 1. The van der Waals surface area contributed by atoms with E-state index in [0.717, 1.165) is 17.9 Å². The average molecular weight is 246 g/mol. The highest BCUT2D eigenvalue weighted by atomic mass is 16.5. The van der Waals surface area contributed by atoms with Gasteiger partial charge in [-0.1, -0.05) is 24.3 Å². The van der Waals surface area contributed by atoms with Crippen LogP contribution in [0.1, 0.15) is 41.4 Å². The van der Waals surface area contributed by atoms with Crippen molar-refractivity contribution in [2.45, 2.75) is 33.2 Å². The topological polar surface area (TPSA) is 44.1 Å². The Hall–Kier alpha value is -1.84. The maximum Gasteiger partial charge on any atom is 0.358 e. The number of nitrogens with zero attached hydrogens (tertiary/aromatic N) is 2. The molecule has 1 atom stereocenters. The van der Waals surface area contributed by atoms with Crippen LogP contribution in [-0.4, -0.2) is 22.1 Å². The highest BCUT2D eigenvalue weighted by Gasteiger charge is 2.22. The van der Waals surface area contributed by atoms with Gasteiger partial charge in [0.1, 0.15) is 5.82 Å². The zero-order valence-electron chi connectivity index (χ0n) is 11.0. The fourth-order valence-corrected chi connectivity index (χ4v) is 2.29. The highest BCUT2D eigenvalue weighted by molar-refractivity contribution is 5.88. The van der Waals surface area contributed by atoms with Crippen molar-refractivity contribution in [3.63, 3.8) is 0 Å². The zero-order chi connectivity index (χ0) is 13.1. The zero-order valence-corrected chi connectivity index (χ0v) is 11.0. The molecule has 2 rings (SSSR count). The van der Waals surface area contributed by atoms with Gasteiger partial charge in [-0.2, -0.15) is 0 Å². The van der Waals surface area contributed by atoms with Gasteiger partial charge in [-0.15, -0.1) is 0 Å². The molecule has 4 heteroatoms. The van der Waals surface area contributed by atoms with Gasteiger partial charge in [0, 0.05) is 5.69 Å². The number of rotatable bonds is 3. The minimum Gasteiger partial charge on any atom is -0.461 e. The number of carbonyl (C=O) groups is 1. The maximum atomic E-state index is 11.8. The van der Waals surface area contributed by atoms with Gasteiger partial charge in [-0.3, -0.25) is 0 Å². The van der Waals surface area contributed by atoms with Crippen molar-refractivity contribution in [1.29, 1.82) is 0 Å². The molecule has 0 aromatic carbocycles. The van der Waals surface area contributed by atoms with Crippen molar-refractivity contribution in [2.24, 2.45) is 0 Å². The van der Waals surface area contributed by atoms with Crippen LogP contribution < -0.4 is 0 Å². The maximum absolute atomic E-state index is 11.8. The Labute approximate surface area is 107 Å². The number of esters is 1. The molecule has 0 spiro atoms. The molecular formula is C14H18N2O2. The lowest BCUT2D eigenvalue weighted by atomic mass is 10.1. The first kappa shape index (κ1) is 12.6. The number of hydrogen-bond donors (Lipinski definition) is 0. The molecule has 1 aliphatic carbocycles. The van der Waals surface area contributed by atoms with Crippen LogP contribution in [0.25, 0.3) is 0 Å². The third kappa shape index (κ3) is 2.23. The SMILES string of the molecule is CCOC(=O)c1nc(C)n(C2C=CC=CC2)c1C. The van der Waals surface area contributed by atoms with Crippen molar-refractivity contribution < 1.29 is 9.53 Å². The van der Waals surface area contributed by atoms with Crippen LogP contribution >= 0.6 is 0 Å². The second kappa shape index (κ2) is 5.21. The fraction of sp³-hybridized carbons (Fsp3) is 0.429.